The number of anilines is 2. The summed E-state index contributed by atoms with van der Waals surface area (Å²) >= 11 is 7.14. The van der Waals surface area contributed by atoms with Crippen molar-refractivity contribution < 1.29 is 22.7 Å². The number of rotatable bonds is 5. The van der Waals surface area contributed by atoms with Crippen molar-refractivity contribution in [2.45, 2.75) is 4.34 Å². The van der Waals surface area contributed by atoms with E-state index in [0.717, 1.165) is 17.6 Å². The summed E-state index contributed by atoms with van der Waals surface area (Å²) in [6.07, 6.45) is 1.10. The zero-order valence-electron chi connectivity index (χ0n) is 15.1. The summed E-state index contributed by atoms with van der Waals surface area (Å²) in [7, 11) is -0.449. The number of nitrogens with one attached hydrogen (secondary N) is 2. The number of urea groups is 1. The van der Waals surface area contributed by atoms with E-state index in [0.29, 0.717) is 38.1 Å². The summed E-state index contributed by atoms with van der Waals surface area (Å²) < 4.78 is 34.3. The minimum absolute atomic E-state index is 0.0294. The molecule has 2 amide bonds. The third-order valence-corrected chi connectivity index (χ3v) is 6.66. The molecule has 0 fully saturated rings. The first-order chi connectivity index (χ1) is 13.2. The summed E-state index contributed by atoms with van der Waals surface area (Å²) in [5.74, 6) is 0.800. The molecule has 0 radical (unpaired) electrons. The van der Waals surface area contributed by atoms with Gasteiger partial charge in [0.15, 0.2) is 0 Å². The van der Waals surface area contributed by atoms with Gasteiger partial charge in [-0.25, -0.2) is 18.2 Å². The molecule has 0 atom stereocenters. The molecule has 3 rings (SSSR count). The van der Waals surface area contributed by atoms with Gasteiger partial charge in [0, 0.05) is 18.0 Å². The van der Waals surface area contributed by atoms with Crippen molar-refractivity contribution in [2.24, 2.45) is 0 Å². The van der Waals surface area contributed by atoms with Gasteiger partial charge in [0.2, 0.25) is 14.2 Å². The molecule has 1 heterocycles. The maximum absolute atomic E-state index is 12.4. The second kappa shape index (κ2) is 7.82. The van der Waals surface area contributed by atoms with Gasteiger partial charge in [-0.05, 0) is 24.3 Å². The predicted molar refractivity (Wildman–Crippen MR) is 110 cm³/mol. The van der Waals surface area contributed by atoms with Crippen LogP contribution in [0.2, 0.25) is 5.02 Å². The molecule has 148 valence electrons. The average Bonchev–Trinajstić information content (AvgIpc) is 3.05. The lowest BCUT2D eigenvalue weighted by Crippen LogP contribution is -2.19. The highest BCUT2D eigenvalue weighted by Gasteiger charge is 2.15. The molecule has 3 aromatic rings. The van der Waals surface area contributed by atoms with Crippen molar-refractivity contribution in [1.29, 1.82) is 0 Å². The normalized spacial score (nSPS) is 11.3. The maximum atomic E-state index is 12.4. The number of halogens is 1. The number of nitrogens with zero attached hydrogens (tertiary/aromatic N) is 1. The SMILES string of the molecule is COc1cc(OC)c(NC(=O)Nc2ccc3nc(S(C)(=O)=O)sc3c2)cc1Cl. The Morgan fingerprint density at radius 1 is 1.11 bits per heavy atom. The molecule has 0 saturated heterocycles. The van der Waals surface area contributed by atoms with Crippen LogP contribution in [0.15, 0.2) is 34.7 Å². The van der Waals surface area contributed by atoms with Crippen LogP contribution in [0.1, 0.15) is 0 Å². The maximum Gasteiger partial charge on any atom is 0.323 e. The summed E-state index contributed by atoms with van der Waals surface area (Å²) in [5.41, 5.74) is 1.39. The van der Waals surface area contributed by atoms with Crippen LogP contribution in [0.3, 0.4) is 0 Å². The van der Waals surface area contributed by atoms with Crippen LogP contribution in [0.4, 0.5) is 16.2 Å². The van der Waals surface area contributed by atoms with Gasteiger partial charge in [0.05, 0.1) is 35.1 Å². The molecule has 8 nitrogen and oxygen atoms in total. The lowest BCUT2D eigenvalue weighted by molar-refractivity contribution is 0.262. The number of amides is 2. The fraction of sp³-hybridized carbons (Fsp3) is 0.176. The number of fused-ring (bicyclic) bond motifs is 1. The van der Waals surface area contributed by atoms with Gasteiger partial charge >= 0.3 is 6.03 Å². The van der Waals surface area contributed by atoms with Gasteiger partial charge in [-0.1, -0.05) is 11.6 Å². The number of carbonyl (C=O) groups is 1. The number of aromatic nitrogens is 1. The van der Waals surface area contributed by atoms with Gasteiger partial charge < -0.3 is 20.1 Å². The topological polar surface area (TPSA) is 107 Å². The number of carbonyl (C=O) groups excluding carboxylic acids is 1. The molecule has 0 saturated carbocycles. The Kier molecular flexibility index (Phi) is 5.64. The summed E-state index contributed by atoms with van der Waals surface area (Å²) in [5, 5.41) is 5.65. The average molecular weight is 442 g/mol. The second-order valence-electron chi connectivity index (χ2n) is 5.70. The van der Waals surface area contributed by atoms with Crippen molar-refractivity contribution in [3.8, 4) is 11.5 Å². The smallest absolute Gasteiger partial charge is 0.323 e. The highest BCUT2D eigenvalue weighted by Crippen LogP contribution is 2.36. The van der Waals surface area contributed by atoms with E-state index >= 15 is 0 Å². The van der Waals surface area contributed by atoms with Gasteiger partial charge in [-0.3, -0.25) is 0 Å². The van der Waals surface area contributed by atoms with Crippen LogP contribution in [0.5, 0.6) is 11.5 Å². The Morgan fingerprint density at radius 2 is 1.82 bits per heavy atom. The van der Waals surface area contributed by atoms with E-state index in [-0.39, 0.29) is 4.34 Å². The van der Waals surface area contributed by atoms with E-state index < -0.39 is 15.9 Å². The van der Waals surface area contributed by atoms with E-state index in [2.05, 4.69) is 15.6 Å². The molecule has 28 heavy (non-hydrogen) atoms. The van der Waals surface area contributed by atoms with Crippen molar-refractivity contribution in [1.82, 2.24) is 4.98 Å². The van der Waals surface area contributed by atoms with E-state index in [4.69, 9.17) is 21.1 Å². The van der Waals surface area contributed by atoms with Crippen molar-refractivity contribution >= 4 is 60.4 Å². The van der Waals surface area contributed by atoms with Gasteiger partial charge in [0.1, 0.15) is 11.5 Å². The Labute approximate surface area is 170 Å². The van der Waals surface area contributed by atoms with Gasteiger partial charge in [0.25, 0.3) is 0 Å². The van der Waals surface area contributed by atoms with Crippen LogP contribution in [0, 0.1) is 0 Å². The molecule has 0 aliphatic carbocycles. The Balaban J connectivity index is 1.81. The largest absolute Gasteiger partial charge is 0.495 e. The fourth-order valence-corrected chi connectivity index (χ4v) is 4.50. The first kappa shape index (κ1) is 20.2. The standard InChI is InChI=1S/C17H16ClN3O5S2/c1-25-13-8-14(26-2)12(7-10(13)18)20-16(22)19-9-4-5-11-15(6-9)27-17(21-11)28(3,23)24/h4-8H,1-3H3,(H2,19,20,22). The molecule has 2 N–H and O–H groups in total. The second-order valence-corrected chi connectivity index (χ2v) is 9.33. The number of benzene rings is 2. The summed E-state index contributed by atoms with van der Waals surface area (Å²) in [4.78, 5) is 16.4. The summed E-state index contributed by atoms with van der Waals surface area (Å²) in [6.45, 7) is 0. The predicted octanol–water partition coefficient (Wildman–Crippen LogP) is 4.01. The number of thiazole rings is 1. The van der Waals surface area contributed by atoms with Gasteiger partial charge in [-0.15, -0.1) is 11.3 Å². The molecule has 11 heteroatoms. The van der Waals surface area contributed by atoms with Crippen LogP contribution in [-0.2, 0) is 9.84 Å². The van der Waals surface area contributed by atoms with E-state index in [1.54, 1.807) is 24.3 Å². The number of hydrogen-bond acceptors (Lipinski definition) is 7. The number of ether oxygens (including phenoxy) is 2. The third kappa shape index (κ3) is 4.29. The molecular weight excluding hydrogens is 426 g/mol. The molecular formula is C17H16ClN3O5S2. The molecule has 0 unspecified atom stereocenters. The van der Waals surface area contributed by atoms with Crippen LogP contribution in [-0.4, -0.2) is 39.9 Å². The molecule has 2 aromatic carbocycles. The lowest BCUT2D eigenvalue weighted by atomic mass is 10.2. The molecule has 1 aromatic heterocycles. The third-order valence-electron chi connectivity index (χ3n) is 3.67. The first-order valence-corrected chi connectivity index (χ1v) is 10.9. The highest BCUT2D eigenvalue weighted by molar-refractivity contribution is 7.92. The van der Waals surface area contributed by atoms with Crippen molar-refractivity contribution in [2.75, 3.05) is 31.1 Å². The van der Waals surface area contributed by atoms with E-state index in [1.165, 1.54) is 20.3 Å². The summed E-state index contributed by atoms with van der Waals surface area (Å²) in [6, 6.07) is 7.48. The van der Waals surface area contributed by atoms with Crippen molar-refractivity contribution in [3.05, 3.63) is 35.4 Å². The molecule has 0 spiro atoms. The Bertz CT molecular complexity index is 1160. The number of hydrogen-bond donors (Lipinski definition) is 2. The minimum atomic E-state index is -3.39. The zero-order chi connectivity index (χ0) is 20.5. The van der Waals surface area contributed by atoms with E-state index in [9.17, 15) is 13.2 Å². The van der Waals surface area contributed by atoms with Crippen LogP contribution in [0.25, 0.3) is 10.2 Å². The van der Waals surface area contributed by atoms with E-state index in [1.807, 2.05) is 0 Å². The minimum Gasteiger partial charge on any atom is -0.495 e. The number of methoxy groups -OCH3 is 2. The molecule has 0 aliphatic rings. The van der Waals surface area contributed by atoms with Crippen molar-refractivity contribution in [3.63, 3.8) is 0 Å². The zero-order valence-corrected chi connectivity index (χ0v) is 17.5. The molecule has 0 bridgehead atoms. The van der Waals surface area contributed by atoms with Crippen LogP contribution < -0.4 is 20.1 Å². The fourth-order valence-electron chi connectivity index (χ4n) is 2.38. The lowest BCUT2D eigenvalue weighted by Gasteiger charge is -2.13. The monoisotopic (exact) mass is 441 g/mol. The Hall–Kier alpha value is -2.56. The van der Waals surface area contributed by atoms with Gasteiger partial charge in [-0.2, -0.15) is 0 Å². The quantitative estimate of drug-likeness (QED) is 0.619. The highest BCUT2D eigenvalue weighted by atomic mass is 35.5. The van der Waals surface area contributed by atoms with Crippen LogP contribution >= 0.6 is 22.9 Å². The number of sulfone groups is 1. The molecule has 0 aliphatic heterocycles. The first-order valence-electron chi connectivity index (χ1n) is 7.81. The Morgan fingerprint density at radius 3 is 2.46 bits per heavy atom.